The standard InChI is InChI=1S/C23H27N3O2/c1-16-12-19-6-4-5-7-22(19)26(16)15-23(27)24-20-8-10-21(11-9-20)25-13-17(2)28-18(3)14-25/h4-12,17-18H,13-15H2,1-3H3,(H,24,27). The van der Waals surface area contributed by atoms with Crippen LogP contribution in [0.5, 0.6) is 0 Å². The van der Waals surface area contributed by atoms with Gasteiger partial charge in [-0.05, 0) is 62.6 Å². The van der Waals surface area contributed by atoms with Gasteiger partial charge in [0, 0.05) is 35.7 Å². The highest BCUT2D eigenvalue weighted by atomic mass is 16.5. The number of para-hydroxylation sites is 1. The SMILES string of the molecule is Cc1cc2ccccc2n1CC(=O)Nc1ccc(N2CC(C)OC(C)C2)cc1. The summed E-state index contributed by atoms with van der Waals surface area (Å²) in [6, 6.07) is 18.3. The van der Waals surface area contributed by atoms with Crippen LogP contribution in [0.1, 0.15) is 19.5 Å². The first-order chi connectivity index (χ1) is 13.5. The van der Waals surface area contributed by atoms with Gasteiger partial charge in [0.2, 0.25) is 5.91 Å². The van der Waals surface area contributed by atoms with Crippen molar-refractivity contribution >= 4 is 28.2 Å². The first-order valence-electron chi connectivity index (χ1n) is 9.85. The predicted molar refractivity (Wildman–Crippen MR) is 114 cm³/mol. The summed E-state index contributed by atoms with van der Waals surface area (Å²) in [7, 11) is 0. The van der Waals surface area contributed by atoms with E-state index in [-0.39, 0.29) is 18.1 Å². The number of benzene rings is 2. The van der Waals surface area contributed by atoms with E-state index in [0.29, 0.717) is 6.54 Å². The number of carbonyl (C=O) groups excluding carboxylic acids is 1. The van der Waals surface area contributed by atoms with Crippen LogP contribution in [0.4, 0.5) is 11.4 Å². The van der Waals surface area contributed by atoms with E-state index in [4.69, 9.17) is 4.74 Å². The molecule has 3 aromatic rings. The van der Waals surface area contributed by atoms with Gasteiger partial charge in [-0.25, -0.2) is 0 Å². The minimum Gasteiger partial charge on any atom is -0.372 e. The summed E-state index contributed by atoms with van der Waals surface area (Å²) in [5.74, 6) is -0.0224. The summed E-state index contributed by atoms with van der Waals surface area (Å²) in [5.41, 5.74) is 4.15. The third-order valence-corrected chi connectivity index (χ3v) is 5.26. The maximum atomic E-state index is 12.6. The van der Waals surface area contributed by atoms with Gasteiger partial charge in [0.05, 0.1) is 12.2 Å². The Morgan fingerprint density at radius 1 is 1.07 bits per heavy atom. The van der Waals surface area contributed by atoms with E-state index >= 15 is 0 Å². The zero-order valence-corrected chi connectivity index (χ0v) is 16.7. The fourth-order valence-corrected chi connectivity index (χ4v) is 4.05. The average molecular weight is 377 g/mol. The minimum absolute atomic E-state index is 0.0224. The van der Waals surface area contributed by atoms with Gasteiger partial charge in [0.1, 0.15) is 6.54 Å². The van der Waals surface area contributed by atoms with Crippen molar-refractivity contribution in [2.75, 3.05) is 23.3 Å². The average Bonchev–Trinajstić information content (AvgIpc) is 2.97. The van der Waals surface area contributed by atoms with Crippen molar-refractivity contribution in [3.05, 3.63) is 60.3 Å². The largest absolute Gasteiger partial charge is 0.372 e. The topological polar surface area (TPSA) is 46.5 Å². The molecule has 0 bridgehead atoms. The van der Waals surface area contributed by atoms with E-state index < -0.39 is 0 Å². The molecule has 0 radical (unpaired) electrons. The van der Waals surface area contributed by atoms with Crippen LogP contribution in [0, 0.1) is 6.92 Å². The summed E-state index contributed by atoms with van der Waals surface area (Å²) in [5, 5.41) is 4.18. The van der Waals surface area contributed by atoms with Gasteiger partial charge in [-0.1, -0.05) is 18.2 Å². The van der Waals surface area contributed by atoms with Crippen molar-refractivity contribution in [2.45, 2.75) is 39.5 Å². The molecule has 146 valence electrons. The molecular weight excluding hydrogens is 350 g/mol. The zero-order valence-electron chi connectivity index (χ0n) is 16.7. The highest BCUT2D eigenvalue weighted by molar-refractivity contribution is 5.92. The van der Waals surface area contributed by atoms with Crippen LogP contribution in [-0.4, -0.2) is 35.8 Å². The summed E-state index contributed by atoms with van der Waals surface area (Å²) < 4.78 is 7.85. The number of ether oxygens (including phenoxy) is 1. The fourth-order valence-electron chi connectivity index (χ4n) is 4.05. The number of nitrogens with one attached hydrogen (secondary N) is 1. The van der Waals surface area contributed by atoms with Crippen LogP contribution in [0.2, 0.25) is 0 Å². The Kier molecular flexibility index (Phi) is 5.09. The van der Waals surface area contributed by atoms with Gasteiger partial charge >= 0.3 is 0 Å². The summed E-state index contributed by atoms with van der Waals surface area (Å²) in [4.78, 5) is 14.9. The van der Waals surface area contributed by atoms with Crippen LogP contribution in [0.15, 0.2) is 54.6 Å². The molecule has 1 fully saturated rings. The lowest BCUT2D eigenvalue weighted by molar-refractivity contribution is -0.116. The maximum Gasteiger partial charge on any atom is 0.244 e. The van der Waals surface area contributed by atoms with Gasteiger partial charge in [-0.2, -0.15) is 0 Å². The van der Waals surface area contributed by atoms with E-state index in [2.05, 4.69) is 59.0 Å². The Morgan fingerprint density at radius 3 is 2.46 bits per heavy atom. The number of hydrogen-bond acceptors (Lipinski definition) is 3. The molecule has 2 aromatic carbocycles. The van der Waals surface area contributed by atoms with Crippen LogP contribution in [-0.2, 0) is 16.1 Å². The molecule has 1 aromatic heterocycles. The fraction of sp³-hybridized carbons (Fsp3) is 0.348. The summed E-state index contributed by atoms with van der Waals surface area (Å²) in [6.07, 6.45) is 0.450. The minimum atomic E-state index is -0.0224. The van der Waals surface area contributed by atoms with Crippen LogP contribution < -0.4 is 10.2 Å². The molecule has 0 saturated carbocycles. The molecule has 1 aliphatic heterocycles. The van der Waals surface area contributed by atoms with Gasteiger partial charge in [0.25, 0.3) is 0 Å². The summed E-state index contributed by atoms with van der Waals surface area (Å²) >= 11 is 0. The van der Waals surface area contributed by atoms with E-state index in [1.807, 2.05) is 31.2 Å². The molecule has 5 heteroatoms. The molecule has 28 heavy (non-hydrogen) atoms. The van der Waals surface area contributed by atoms with E-state index in [1.165, 1.54) is 0 Å². The lowest BCUT2D eigenvalue weighted by atomic mass is 10.2. The Balaban J connectivity index is 1.43. The second kappa shape index (κ2) is 7.68. The monoisotopic (exact) mass is 377 g/mol. The molecule has 1 N–H and O–H groups in total. The number of morpholine rings is 1. The van der Waals surface area contributed by atoms with E-state index in [0.717, 1.165) is 41.1 Å². The predicted octanol–water partition coefficient (Wildman–Crippen LogP) is 4.20. The van der Waals surface area contributed by atoms with E-state index in [9.17, 15) is 4.79 Å². The first-order valence-corrected chi connectivity index (χ1v) is 9.85. The number of aromatic nitrogens is 1. The number of anilines is 2. The quantitative estimate of drug-likeness (QED) is 0.741. The Bertz CT molecular complexity index is 967. The van der Waals surface area contributed by atoms with Crippen LogP contribution in [0.25, 0.3) is 10.9 Å². The normalized spacial score (nSPS) is 19.8. The number of carbonyl (C=O) groups is 1. The van der Waals surface area contributed by atoms with Crippen LogP contribution in [0.3, 0.4) is 0 Å². The van der Waals surface area contributed by atoms with Gasteiger partial charge in [0.15, 0.2) is 0 Å². The molecule has 4 rings (SSSR count). The highest BCUT2D eigenvalue weighted by Crippen LogP contribution is 2.23. The molecular formula is C23H27N3O2. The van der Waals surface area contributed by atoms with Crippen molar-refractivity contribution in [3.63, 3.8) is 0 Å². The van der Waals surface area contributed by atoms with Crippen molar-refractivity contribution in [2.24, 2.45) is 0 Å². The second-order valence-corrected chi connectivity index (χ2v) is 7.69. The van der Waals surface area contributed by atoms with Crippen molar-refractivity contribution in [3.8, 4) is 0 Å². The molecule has 2 heterocycles. The number of hydrogen-bond donors (Lipinski definition) is 1. The zero-order chi connectivity index (χ0) is 19.7. The lowest BCUT2D eigenvalue weighted by Crippen LogP contribution is -2.45. The van der Waals surface area contributed by atoms with Crippen molar-refractivity contribution in [1.29, 1.82) is 0 Å². The molecule has 5 nitrogen and oxygen atoms in total. The van der Waals surface area contributed by atoms with Gasteiger partial charge in [-0.3, -0.25) is 4.79 Å². The second-order valence-electron chi connectivity index (χ2n) is 7.69. The number of rotatable bonds is 4. The third-order valence-electron chi connectivity index (χ3n) is 5.26. The Morgan fingerprint density at radius 2 is 1.75 bits per heavy atom. The number of amides is 1. The molecule has 0 aliphatic carbocycles. The molecule has 2 unspecified atom stereocenters. The lowest BCUT2D eigenvalue weighted by Gasteiger charge is -2.36. The molecule has 1 saturated heterocycles. The first kappa shape index (κ1) is 18.6. The number of aryl methyl sites for hydroxylation is 1. The Hall–Kier alpha value is -2.79. The number of fused-ring (bicyclic) bond motifs is 1. The summed E-state index contributed by atoms with van der Waals surface area (Å²) in [6.45, 7) is 8.31. The van der Waals surface area contributed by atoms with Crippen molar-refractivity contribution in [1.82, 2.24) is 4.57 Å². The number of nitrogens with zero attached hydrogens (tertiary/aromatic N) is 2. The molecule has 1 aliphatic rings. The Labute approximate surface area is 165 Å². The highest BCUT2D eigenvalue weighted by Gasteiger charge is 2.22. The smallest absolute Gasteiger partial charge is 0.244 e. The van der Waals surface area contributed by atoms with Gasteiger partial charge < -0.3 is 19.5 Å². The van der Waals surface area contributed by atoms with Crippen LogP contribution >= 0.6 is 0 Å². The maximum absolute atomic E-state index is 12.6. The van der Waals surface area contributed by atoms with E-state index in [1.54, 1.807) is 0 Å². The van der Waals surface area contributed by atoms with Crippen molar-refractivity contribution < 1.29 is 9.53 Å². The third kappa shape index (κ3) is 3.90. The molecule has 2 atom stereocenters. The molecule has 1 amide bonds. The molecule has 0 spiro atoms. The van der Waals surface area contributed by atoms with Gasteiger partial charge in [-0.15, -0.1) is 0 Å².